The van der Waals surface area contributed by atoms with E-state index >= 15 is 0 Å². The van der Waals surface area contributed by atoms with E-state index in [4.69, 9.17) is 24.4 Å². The van der Waals surface area contributed by atoms with Gasteiger partial charge in [-0.15, -0.1) is 0 Å². The maximum Gasteiger partial charge on any atom is 0.335 e. The molecule has 214 valence electrons. The summed E-state index contributed by atoms with van der Waals surface area (Å²) < 4.78 is 25.3. The summed E-state index contributed by atoms with van der Waals surface area (Å²) in [5.41, 5.74) is 6.62. The van der Waals surface area contributed by atoms with Crippen molar-refractivity contribution in [1.82, 2.24) is 0 Å². The van der Waals surface area contributed by atoms with E-state index in [0.717, 1.165) is 6.42 Å². The van der Waals surface area contributed by atoms with E-state index in [0.29, 0.717) is 19.3 Å². The molecule has 0 saturated heterocycles. The Bertz CT molecular complexity index is 657. The first-order valence-corrected chi connectivity index (χ1v) is 17.4. The Labute approximate surface area is 235 Å². The lowest BCUT2D eigenvalue weighted by molar-refractivity contribution is -0.165. The van der Waals surface area contributed by atoms with Crippen molar-refractivity contribution in [3.05, 3.63) is 10.2 Å². The molecular weight excluding hydrogens is 589 g/mol. The maximum atomic E-state index is 12.5. The summed E-state index contributed by atoms with van der Waals surface area (Å²) in [5.74, 6) is -0.792. The van der Waals surface area contributed by atoms with Crippen molar-refractivity contribution in [2.45, 2.75) is 129 Å². The van der Waals surface area contributed by atoms with Crippen molar-refractivity contribution < 1.29 is 28.5 Å². The fourth-order valence-corrected chi connectivity index (χ4v) is 5.94. The molecular formula is C27H54INO6Si. The van der Waals surface area contributed by atoms with Crippen LogP contribution in [0.5, 0.6) is 0 Å². The quantitative estimate of drug-likeness (QED) is 0.117. The van der Waals surface area contributed by atoms with Gasteiger partial charge in [-0.25, -0.2) is 4.79 Å². The third kappa shape index (κ3) is 11.8. The molecule has 9 heteroatoms. The third-order valence-electron chi connectivity index (χ3n) is 7.78. The van der Waals surface area contributed by atoms with Crippen molar-refractivity contribution in [1.29, 1.82) is 0 Å². The van der Waals surface area contributed by atoms with Gasteiger partial charge in [0.25, 0.3) is 0 Å². The van der Waals surface area contributed by atoms with E-state index in [2.05, 4.69) is 63.4 Å². The van der Waals surface area contributed by atoms with E-state index in [1.165, 1.54) is 7.11 Å². The Hall–Kier alpha value is -0.0431. The van der Waals surface area contributed by atoms with Crippen LogP contribution in [-0.2, 0) is 23.4 Å². The number of carbonyl (C=O) groups excluding carboxylic acids is 1. The number of nitrogens with two attached hydrogens (primary N) is 1. The fourth-order valence-electron chi connectivity index (χ4n) is 3.84. The molecule has 36 heavy (non-hydrogen) atoms. The number of carbonyl (C=O) groups is 1. The van der Waals surface area contributed by atoms with E-state index in [1.54, 1.807) is 14.0 Å². The van der Waals surface area contributed by atoms with Crippen LogP contribution in [0.1, 0.15) is 74.1 Å². The van der Waals surface area contributed by atoms with E-state index in [9.17, 15) is 9.90 Å². The van der Waals surface area contributed by atoms with E-state index in [-0.39, 0.29) is 35.1 Å². The standard InChI is InChI=1S/C27H54INO6Si/c1-12-21(35-36(10,11)27(5,6)7)17-24(33-9)22(29)13-14-23(34-26(31)20(4)32-8)19(3)25(30)18(2)15-16-28/h15-16,18-25,30H,12-14,17,29H2,1-11H3/b16-15+/t18-,19+,20-,21-,22+,23-,24+,25?/m1/s1. The molecule has 0 aliphatic heterocycles. The number of rotatable bonds is 17. The monoisotopic (exact) mass is 643 g/mol. The molecule has 0 rings (SSSR count). The Balaban J connectivity index is 5.46. The molecule has 0 bridgehead atoms. The predicted octanol–water partition coefficient (Wildman–Crippen LogP) is 5.83. The molecule has 0 aromatic heterocycles. The lowest BCUT2D eigenvalue weighted by Gasteiger charge is -2.40. The van der Waals surface area contributed by atoms with Crippen molar-refractivity contribution >= 4 is 36.9 Å². The number of hydrogen-bond acceptors (Lipinski definition) is 7. The van der Waals surface area contributed by atoms with Gasteiger partial charge in [0.05, 0.1) is 12.2 Å². The molecule has 0 fully saturated rings. The molecule has 0 radical (unpaired) electrons. The highest BCUT2D eigenvalue weighted by Crippen LogP contribution is 2.38. The molecule has 8 atom stereocenters. The van der Waals surface area contributed by atoms with Crippen LogP contribution in [0.15, 0.2) is 10.2 Å². The second-order valence-corrected chi connectivity index (χ2v) is 17.0. The summed E-state index contributed by atoms with van der Waals surface area (Å²) in [7, 11) is 1.24. The average molecular weight is 644 g/mol. The van der Waals surface area contributed by atoms with Gasteiger partial charge >= 0.3 is 5.97 Å². The first-order valence-electron chi connectivity index (χ1n) is 13.2. The van der Waals surface area contributed by atoms with Crippen LogP contribution in [0.2, 0.25) is 18.1 Å². The van der Waals surface area contributed by atoms with Crippen molar-refractivity contribution in [2.24, 2.45) is 17.6 Å². The van der Waals surface area contributed by atoms with Crippen LogP contribution in [0.25, 0.3) is 0 Å². The van der Waals surface area contributed by atoms with Gasteiger partial charge in [-0.05, 0) is 48.4 Å². The molecule has 7 nitrogen and oxygen atoms in total. The third-order valence-corrected chi connectivity index (χ3v) is 12.7. The van der Waals surface area contributed by atoms with Gasteiger partial charge in [0.15, 0.2) is 14.4 Å². The number of halogens is 1. The van der Waals surface area contributed by atoms with Gasteiger partial charge < -0.3 is 29.5 Å². The summed E-state index contributed by atoms with van der Waals surface area (Å²) in [4.78, 5) is 12.5. The van der Waals surface area contributed by atoms with Crippen LogP contribution in [0.4, 0.5) is 0 Å². The van der Waals surface area contributed by atoms with Crippen LogP contribution in [-0.4, -0.2) is 70.2 Å². The minimum Gasteiger partial charge on any atom is -0.460 e. The molecule has 0 amide bonds. The first kappa shape index (κ1) is 36.0. The number of esters is 1. The largest absolute Gasteiger partial charge is 0.460 e. The second kappa shape index (κ2) is 16.8. The number of aliphatic hydroxyl groups is 1. The zero-order valence-corrected chi connectivity index (χ0v) is 27.7. The first-order chi connectivity index (χ1) is 16.6. The molecule has 0 saturated carbocycles. The molecule has 0 aliphatic rings. The van der Waals surface area contributed by atoms with E-state index in [1.807, 2.05) is 24.0 Å². The molecule has 0 aromatic rings. The number of hydrogen-bond donors (Lipinski definition) is 2. The molecule has 0 aromatic carbocycles. The van der Waals surface area contributed by atoms with Crippen LogP contribution < -0.4 is 5.73 Å². The van der Waals surface area contributed by atoms with Gasteiger partial charge in [0.2, 0.25) is 0 Å². The normalized spacial score (nSPS) is 19.8. The molecule has 0 heterocycles. The summed E-state index contributed by atoms with van der Waals surface area (Å²) in [6, 6.07) is -0.260. The smallest absolute Gasteiger partial charge is 0.335 e. The van der Waals surface area contributed by atoms with Crippen LogP contribution in [0.3, 0.4) is 0 Å². The van der Waals surface area contributed by atoms with Crippen molar-refractivity contribution in [2.75, 3.05) is 14.2 Å². The summed E-state index contributed by atoms with van der Waals surface area (Å²) >= 11 is 2.14. The Kier molecular flexibility index (Phi) is 16.8. The van der Waals surface area contributed by atoms with Crippen molar-refractivity contribution in [3.8, 4) is 0 Å². The van der Waals surface area contributed by atoms with Gasteiger partial charge in [-0.1, -0.05) is 70.2 Å². The minimum absolute atomic E-state index is 0.0692. The fraction of sp³-hybridized carbons (Fsp3) is 0.889. The summed E-state index contributed by atoms with van der Waals surface area (Å²) in [6.07, 6.45) is 2.69. The van der Waals surface area contributed by atoms with Gasteiger partial charge in [-0.2, -0.15) is 0 Å². The van der Waals surface area contributed by atoms with Gasteiger partial charge in [-0.3, -0.25) is 0 Å². The highest BCUT2D eigenvalue weighted by Gasteiger charge is 2.39. The topological polar surface area (TPSA) is 100 Å². The number of methoxy groups -OCH3 is 2. The predicted molar refractivity (Wildman–Crippen MR) is 159 cm³/mol. The highest BCUT2D eigenvalue weighted by molar-refractivity contribution is 14.1. The SMILES string of the molecule is CC[C@H](C[C@H](OC)[C@@H](N)CC[C@@H](OC(=O)[C@@H](C)OC)[C@H](C)C(O)[C@H](C)/C=C/I)O[Si](C)(C)C(C)(C)C. The summed E-state index contributed by atoms with van der Waals surface area (Å²) in [5, 5.41) is 11.0. The maximum absolute atomic E-state index is 12.5. The lowest BCUT2D eigenvalue weighted by atomic mass is 9.86. The Morgan fingerprint density at radius 2 is 1.67 bits per heavy atom. The minimum atomic E-state index is -1.92. The number of ether oxygens (including phenoxy) is 3. The van der Waals surface area contributed by atoms with E-state index < -0.39 is 32.6 Å². The highest BCUT2D eigenvalue weighted by atomic mass is 127. The van der Waals surface area contributed by atoms with Gasteiger partial charge in [0.1, 0.15) is 6.10 Å². The zero-order valence-electron chi connectivity index (χ0n) is 24.5. The molecule has 0 aliphatic carbocycles. The van der Waals surface area contributed by atoms with Crippen LogP contribution >= 0.6 is 22.6 Å². The molecule has 3 N–H and O–H groups in total. The second-order valence-electron chi connectivity index (χ2n) is 11.5. The van der Waals surface area contributed by atoms with Gasteiger partial charge in [0, 0.05) is 44.6 Å². The Morgan fingerprint density at radius 3 is 2.11 bits per heavy atom. The zero-order chi connectivity index (χ0) is 28.3. The van der Waals surface area contributed by atoms with Crippen molar-refractivity contribution in [3.63, 3.8) is 0 Å². The van der Waals surface area contributed by atoms with Crippen LogP contribution in [0, 0.1) is 11.8 Å². The Morgan fingerprint density at radius 1 is 1.08 bits per heavy atom. The number of aliphatic hydroxyl groups excluding tert-OH is 1. The average Bonchev–Trinajstić information content (AvgIpc) is 2.81. The summed E-state index contributed by atoms with van der Waals surface area (Å²) in [6.45, 7) is 18.9. The molecule has 1 unspecified atom stereocenters. The molecule has 0 spiro atoms. The lowest BCUT2D eigenvalue weighted by Crippen LogP contribution is -2.46.